The number of allylic oxidation sites excluding steroid dienone is 1. The molecule has 11 heteroatoms. The molecule has 4 heterocycles. The van der Waals surface area contributed by atoms with Gasteiger partial charge in [0.25, 0.3) is 5.56 Å². The molecule has 236 valence electrons. The van der Waals surface area contributed by atoms with E-state index in [1.807, 2.05) is 48.2 Å². The monoisotopic (exact) mass is 618 g/mol. The lowest BCUT2D eigenvalue weighted by Crippen LogP contribution is -2.55. The molecule has 2 aliphatic rings. The highest BCUT2D eigenvalue weighted by Crippen LogP contribution is 2.32. The van der Waals surface area contributed by atoms with Crippen LogP contribution in [0.2, 0.25) is 0 Å². The lowest BCUT2D eigenvalue weighted by atomic mass is 9.98. The van der Waals surface area contributed by atoms with Crippen molar-refractivity contribution in [3.63, 3.8) is 0 Å². The molecule has 1 amide bonds. The van der Waals surface area contributed by atoms with E-state index in [-0.39, 0.29) is 41.5 Å². The van der Waals surface area contributed by atoms with Gasteiger partial charge in [-0.15, -0.1) is 0 Å². The molecule has 2 saturated heterocycles. The zero-order chi connectivity index (χ0) is 32.5. The van der Waals surface area contributed by atoms with Crippen molar-refractivity contribution in [2.75, 3.05) is 44.7 Å². The van der Waals surface area contributed by atoms with Gasteiger partial charge < -0.3 is 19.4 Å². The Labute approximate surface area is 268 Å². The van der Waals surface area contributed by atoms with Crippen LogP contribution in [0.4, 0.5) is 5.82 Å². The quantitative estimate of drug-likeness (QED) is 0.267. The fourth-order valence-corrected chi connectivity index (χ4v) is 6.67. The molecule has 11 nitrogen and oxygen atoms in total. The number of likely N-dealkylation sites (N-methyl/N-ethyl adjacent to an activating group) is 1. The largest absolute Gasteiger partial charge is 0.462 e. The van der Waals surface area contributed by atoms with Gasteiger partial charge >= 0.3 is 6.01 Å². The van der Waals surface area contributed by atoms with Gasteiger partial charge in [0.1, 0.15) is 17.9 Å². The third-order valence-corrected chi connectivity index (χ3v) is 9.07. The van der Waals surface area contributed by atoms with Crippen LogP contribution in [0.1, 0.15) is 37.6 Å². The lowest BCUT2D eigenvalue weighted by Gasteiger charge is -2.40. The normalized spacial score (nSPS) is 18.6. The van der Waals surface area contributed by atoms with Crippen LogP contribution < -0.4 is 15.2 Å². The molecule has 2 aliphatic heterocycles. The number of carbonyl (C=O) groups excluding carboxylic acids is 1. The van der Waals surface area contributed by atoms with E-state index in [0.29, 0.717) is 49.1 Å². The molecule has 2 unspecified atom stereocenters. The molecule has 2 aromatic heterocycles. The third kappa shape index (κ3) is 5.61. The van der Waals surface area contributed by atoms with Crippen LogP contribution in [0.3, 0.4) is 0 Å². The molecule has 46 heavy (non-hydrogen) atoms. The second-order valence-corrected chi connectivity index (χ2v) is 12.1. The number of aromatic nitrogens is 4. The average molecular weight is 619 g/mol. The number of piperazine rings is 1. The molecule has 4 aromatic rings. The first-order valence-electron chi connectivity index (χ1n) is 15.6. The number of fused-ring (bicyclic) bond motifs is 2. The molecule has 0 aliphatic carbocycles. The van der Waals surface area contributed by atoms with Gasteiger partial charge in [0.15, 0.2) is 11.3 Å². The van der Waals surface area contributed by atoms with E-state index >= 15 is 0 Å². The predicted molar refractivity (Wildman–Crippen MR) is 179 cm³/mol. The summed E-state index contributed by atoms with van der Waals surface area (Å²) in [5.74, 6) is 0.696. The summed E-state index contributed by atoms with van der Waals surface area (Å²) >= 11 is 0. The summed E-state index contributed by atoms with van der Waals surface area (Å²) in [6.07, 6.45) is 3.51. The summed E-state index contributed by atoms with van der Waals surface area (Å²) in [5, 5.41) is 11.4. The maximum Gasteiger partial charge on any atom is 0.319 e. The van der Waals surface area contributed by atoms with Crippen molar-refractivity contribution < 1.29 is 9.53 Å². The van der Waals surface area contributed by atoms with Crippen molar-refractivity contribution in [1.82, 2.24) is 29.3 Å². The minimum absolute atomic E-state index is 0.0964. The van der Waals surface area contributed by atoms with E-state index in [0.717, 1.165) is 41.3 Å². The van der Waals surface area contributed by atoms with Gasteiger partial charge in [-0.2, -0.15) is 15.2 Å². The fourth-order valence-electron chi connectivity index (χ4n) is 6.67. The molecule has 2 atom stereocenters. The second kappa shape index (κ2) is 12.7. The van der Waals surface area contributed by atoms with Crippen LogP contribution in [-0.4, -0.2) is 87.1 Å². The van der Waals surface area contributed by atoms with Crippen LogP contribution in [0.25, 0.3) is 33.1 Å². The molecular weight excluding hydrogens is 580 g/mol. The maximum atomic E-state index is 14.5. The molecule has 0 saturated carbocycles. The summed E-state index contributed by atoms with van der Waals surface area (Å²) in [5.41, 5.74) is 2.67. The van der Waals surface area contributed by atoms with Crippen LogP contribution in [0.5, 0.6) is 6.01 Å². The predicted octanol–water partition coefficient (Wildman–Crippen LogP) is 4.26. The van der Waals surface area contributed by atoms with E-state index in [4.69, 9.17) is 14.7 Å². The Hall–Kier alpha value is -5.08. The highest BCUT2D eigenvalue weighted by molar-refractivity contribution is 5.99. The number of carbonyl (C=O) groups is 1. The standard InChI is InChI=1S/C35H38N8O3/c1-6-29(44)42-19-18-41(20-25(42)15-16-36)33-31-32(38-35(39-33)46-21-26-12-9-17-40(26)5)34(45)43(23(4)37-31)28-14-8-11-24-10-7-13-27(22(2)3)30(24)28/h6-8,10-11,13-14,25-26H,1-2,9,12,15,17-21H2,3-5H3. The smallest absolute Gasteiger partial charge is 0.319 e. The van der Waals surface area contributed by atoms with E-state index in [1.54, 1.807) is 16.4 Å². The summed E-state index contributed by atoms with van der Waals surface area (Å²) < 4.78 is 7.79. The van der Waals surface area contributed by atoms with E-state index in [2.05, 4.69) is 36.2 Å². The number of hydrogen-bond donors (Lipinski definition) is 0. The Balaban J connectivity index is 1.52. The van der Waals surface area contributed by atoms with Gasteiger partial charge in [0, 0.05) is 31.1 Å². The average Bonchev–Trinajstić information content (AvgIpc) is 3.47. The topological polar surface area (TPSA) is 120 Å². The number of anilines is 1. The number of ether oxygens (including phenoxy) is 1. The number of nitrogens with zero attached hydrogens (tertiary/aromatic N) is 8. The molecule has 2 fully saturated rings. The van der Waals surface area contributed by atoms with E-state index < -0.39 is 0 Å². The summed E-state index contributed by atoms with van der Waals surface area (Å²) in [6, 6.07) is 14.0. The maximum absolute atomic E-state index is 14.5. The minimum Gasteiger partial charge on any atom is -0.462 e. The van der Waals surface area contributed by atoms with Crippen LogP contribution >= 0.6 is 0 Å². The number of nitriles is 1. The third-order valence-electron chi connectivity index (χ3n) is 9.07. The second-order valence-electron chi connectivity index (χ2n) is 12.1. The SMILES string of the molecule is C=CC(=O)N1CCN(c2nc(OCC3CCCN3C)nc3c(=O)n(-c4cccc5cccc(C(=C)C)c45)c(C)nc23)CC1CC#N. The van der Waals surface area contributed by atoms with Crippen molar-refractivity contribution >= 4 is 39.1 Å². The first-order valence-corrected chi connectivity index (χ1v) is 15.6. The van der Waals surface area contributed by atoms with Gasteiger partial charge in [0.05, 0.1) is 24.2 Å². The number of amides is 1. The van der Waals surface area contributed by atoms with E-state index in [9.17, 15) is 14.9 Å². The molecule has 0 bridgehead atoms. The van der Waals surface area contributed by atoms with Gasteiger partial charge in [-0.1, -0.05) is 49.1 Å². The molecule has 0 spiro atoms. The number of rotatable bonds is 8. The van der Waals surface area contributed by atoms with Crippen LogP contribution in [0.15, 0.2) is 60.4 Å². The van der Waals surface area contributed by atoms with Crippen molar-refractivity contribution in [2.45, 2.75) is 45.2 Å². The number of hydrogen-bond acceptors (Lipinski definition) is 9. The highest BCUT2D eigenvalue weighted by atomic mass is 16.5. The van der Waals surface area contributed by atoms with Crippen LogP contribution in [-0.2, 0) is 4.79 Å². The Morgan fingerprint density at radius 3 is 2.59 bits per heavy atom. The first-order chi connectivity index (χ1) is 22.2. The Morgan fingerprint density at radius 2 is 1.89 bits per heavy atom. The number of likely N-dealkylation sites (tertiary alicyclic amines) is 1. The first kappa shape index (κ1) is 30.9. The highest BCUT2D eigenvalue weighted by Gasteiger charge is 2.32. The molecule has 0 radical (unpaired) electrons. The lowest BCUT2D eigenvalue weighted by molar-refractivity contribution is -0.128. The van der Waals surface area contributed by atoms with Gasteiger partial charge in [-0.05, 0) is 63.4 Å². The van der Waals surface area contributed by atoms with E-state index in [1.165, 1.54) is 6.08 Å². The zero-order valence-electron chi connectivity index (χ0n) is 26.6. The molecule has 0 N–H and O–H groups in total. The fraction of sp³-hybridized carbons (Fsp3) is 0.371. The zero-order valence-corrected chi connectivity index (χ0v) is 26.6. The van der Waals surface area contributed by atoms with Gasteiger partial charge in [-0.25, -0.2) is 4.98 Å². The Kier molecular flexibility index (Phi) is 8.56. The van der Waals surface area contributed by atoms with Crippen LogP contribution in [0, 0.1) is 18.3 Å². The number of benzene rings is 2. The van der Waals surface area contributed by atoms with Gasteiger partial charge in [0.2, 0.25) is 5.91 Å². The van der Waals surface area contributed by atoms with Gasteiger partial charge in [-0.3, -0.25) is 14.2 Å². The number of aryl methyl sites for hydroxylation is 1. The molecule has 6 rings (SSSR count). The summed E-state index contributed by atoms with van der Waals surface area (Å²) in [4.78, 5) is 47.5. The summed E-state index contributed by atoms with van der Waals surface area (Å²) in [6.45, 7) is 14.1. The summed E-state index contributed by atoms with van der Waals surface area (Å²) in [7, 11) is 2.07. The molecule has 2 aromatic carbocycles. The Bertz CT molecular complexity index is 1960. The van der Waals surface area contributed by atoms with Crippen molar-refractivity contribution in [1.29, 1.82) is 5.26 Å². The Morgan fingerprint density at radius 1 is 1.11 bits per heavy atom. The molecular formula is C35H38N8O3. The van der Waals surface area contributed by atoms with Crippen molar-refractivity contribution in [2.24, 2.45) is 0 Å². The minimum atomic E-state index is -0.386. The van der Waals surface area contributed by atoms with Crippen molar-refractivity contribution in [3.8, 4) is 17.8 Å². The van der Waals surface area contributed by atoms with Crippen molar-refractivity contribution in [3.05, 3.63) is 77.4 Å².